The van der Waals surface area contributed by atoms with Crippen LogP contribution < -0.4 is 10.2 Å². The molecule has 0 amide bonds. The highest BCUT2D eigenvalue weighted by Gasteiger charge is 2.18. The van der Waals surface area contributed by atoms with Gasteiger partial charge in [-0.2, -0.15) is 0 Å². The highest BCUT2D eigenvalue weighted by Crippen LogP contribution is 2.36. The van der Waals surface area contributed by atoms with Crippen LogP contribution in [-0.2, 0) is 6.42 Å². The topological polar surface area (TPSA) is 35.5 Å². The summed E-state index contributed by atoms with van der Waals surface area (Å²) in [4.78, 5) is 2.31. The van der Waals surface area contributed by atoms with Gasteiger partial charge in [-0.3, -0.25) is 0 Å². The van der Waals surface area contributed by atoms with Gasteiger partial charge in [0, 0.05) is 25.3 Å². The fraction of sp³-hybridized carbons (Fsp3) is 0.571. The maximum absolute atomic E-state index is 10.1. The van der Waals surface area contributed by atoms with Gasteiger partial charge in [-0.05, 0) is 49.8 Å². The second kappa shape index (κ2) is 4.47. The van der Waals surface area contributed by atoms with Crippen LogP contribution in [0.2, 0.25) is 0 Å². The molecule has 1 fully saturated rings. The van der Waals surface area contributed by atoms with Gasteiger partial charge in [0.2, 0.25) is 0 Å². The third-order valence-electron chi connectivity index (χ3n) is 3.84. The Labute approximate surface area is 102 Å². The molecule has 0 unspecified atom stereocenters. The summed E-state index contributed by atoms with van der Waals surface area (Å²) in [5, 5.41) is 13.6. The first-order chi connectivity index (χ1) is 8.34. The van der Waals surface area contributed by atoms with Crippen LogP contribution in [-0.4, -0.2) is 24.7 Å². The highest BCUT2D eigenvalue weighted by molar-refractivity contribution is 5.70. The van der Waals surface area contributed by atoms with E-state index in [1.165, 1.54) is 30.5 Å². The Balaban J connectivity index is 1.93. The summed E-state index contributed by atoms with van der Waals surface area (Å²) in [6, 6.07) is 4.08. The molecule has 2 aliphatic rings. The average Bonchev–Trinajstić information content (AvgIpc) is 2.39. The summed E-state index contributed by atoms with van der Waals surface area (Å²) in [5.74, 6) is 0.453. The molecule has 1 aromatic carbocycles. The Morgan fingerprint density at radius 3 is 2.71 bits per heavy atom. The van der Waals surface area contributed by atoms with Crippen LogP contribution >= 0.6 is 0 Å². The summed E-state index contributed by atoms with van der Waals surface area (Å²) in [7, 11) is 0. The number of phenolic OH excluding ortho intramolecular Hbond substituents is 1. The molecule has 17 heavy (non-hydrogen) atoms. The summed E-state index contributed by atoms with van der Waals surface area (Å²) >= 11 is 0. The van der Waals surface area contributed by atoms with Gasteiger partial charge in [-0.15, -0.1) is 0 Å². The van der Waals surface area contributed by atoms with Gasteiger partial charge in [0.15, 0.2) is 0 Å². The Kier molecular flexibility index (Phi) is 2.83. The molecule has 0 aromatic heterocycles. The van der Waals surface area contributed by atoms with Gasteiger partial charge in [-0.1, -0.05) is 0 Å². The molecular formula is C14H20N2O. The molecule has 3 rings (SSSR count). The van der Waals surface area contributed by atoms with Gasteiger partial charge in [0.05, 0.1) is 5.69 Å². The minimum atomic E-state index is 0.453. The number of aryl methyl sites for hydroxylation is 1. The summed E-state index contributed by atoms with van der Waals surface area (Å²) < 4.78 is 0. The Morgan fingerprint density at radius 1 is 1.06 bits per heavy atom. The number of phenols is 1. The fourth-order valence-electron chi connectivity index (χ4n) is 2.88. The zero-order chi connectivity index (χ0) is 11.7. The van der Waals surface area contributed by atoms with Crippen molar-refractivity contribution in [2.24, 2.45) is 0 Å². The molecule has 2 N–H and O–H groups in total. The normalized spacial score (nSPS) is 19.6. The van der Waals surface area contributed by atoms with E-state index in [4.69, 9.17) is 0 Å². The van der Waals surface area contributed by atoms with Crippen LogP contribution in [0.15, 0.2) is 12.1 Å². The first-order valence-corrected chi connectivity index (χ1v) is 6.69. The molecule has 0 atom stereocenters. The fourth-order valence-corrected chi connectivity index (χ4v) is 2.88. The molecule has 0 bridgehead atoms. The number of piperidine rings is 1. The van der Waals surface area contributed by atoms with E-state index in [9.17, 15) is 5.11 Å². The average molecular weight is 232 g/mol. The van der Waals surface area contributed by atoms with Crippen molar-refractivity contribution < 1.29 is 5.11 Å². The number of nitrogens with one attached hydrogen (secondary N) is 1. The van der Waals surface area contributed by atoms with Crippen LogP contribution in [0.1, 0.15) is 31.2 Å². The zero-order valence-electron chi connectivity index (χ0n) is 10.2. The van der Waals surface area contributed by atoms with Crippen molar-refractivity contribution in [2.75, 3.05) is 29.9 Å². The summed E-state index contributed by atoms with van der Waals surface area (Å²) in [5.41, 5.74) is 3.49. The van der Waals surface area contributed by atoms with Crippen molar-refractivity contribution in [3.05, 3.63) is 17.7 Å². The number of fused-ring (bicyclic) bond motifs is 1. The Bertz CT molecular complexity index is 411. The van der Waals surface area contributed by atoms with Crippen LogP contribution in [0.4, 0.5) is 11.4 Å². The SMILES string of the molecule is Oc1cc2c(cc1N1CCCCC1)NCCC2. The van der Waals surface area contributed by atoms with Crippen molar-refractivity contribution in [3.8, 4) is 5.75 Å². The second-order valence-electron chi connectivity index (χ2n) is 5.08. The summed E-state index contributed by atoms with van der Waals surface area (Å²) in [6.45, 7) is 3.20. The third-order valence-corrected chi connectivity index (χ3v) is 3.84. The minimum Gasteiger partial charge on any atom is -0.506 e. The van der Waals surface area contributed by atoms with Gasteiger partial charge < -0.3 is 15.3 Å². The number of hydrogen-bond donors (Lipinski definition) is 2. The van der Waals surface area contributed by atoms with Gasteiger partial charge >= 0.3 is 0 Å². The van der Waals surface area contributed by atoms with E-state index in [2.05, 4.69) is 16.3 Å². The molecule has 0 spiro atoms. The molecule has 0 radical (unpaired) electrons. The highest BCUT2D eigenvalue weighted by atomic mass is 16.3. The smallest absolute Gasteiger partial charge is 0.139 e. The third kappa shape index (κ3) is 2.06. The van der Waals surface area contributed by atoms with Crippen LogP contribution in [0, 0.1) is 0 Å². The second-order valence-corrected chi connectivity index (χ2v) is 5.08. The van der Waals surface area contributed by atoms with E-state index in [-0.39, 0.29) is 0 Å². The van der Waals surface area contributed by atoms with E-state index in [0.717, 1.165) is 38.2 Å². The zero-order valence-corrected chi connectivity index (χ0v) is 10.2. The molecule has 3 heteroatoms. The van der Waals surface area contributed by atoms with Crippen molar-refractivity contribution in [2.45, 2.75) is 32.1 Å². The van der Waals surface area contributed by atoms with Crippen LogP contribution in [0.25, 0.3) is 0 Å². The number of nitrogens with zero attached hydrogens (tertiary/aromatic N) is 1. The van der Waals surface area contributed by atoms with Gasteiger partial charge in [-0.25, -0.2) is 0 Å². The minimum absolute atomic E-state index is 0.453. The quantitative estimate of drug-likeness (QED) is 0.731. The Hall–Kier alpha value is -1.38. The standard InChI is InChI=1S/C14H20N2O/c17-14-9-11-5-4-6-15-12(11)10-13(14)16-7-2-1-3-8-16/h9-10,15,17H,1-8H2. The summed E-state index contributed by atoms with van der Waals surface area (Å²) in [6.07, 6.45) is 6.04. The van der Waals surface area contributed by atoms with E-state index in [1.807, 2.05) is 6.07 Å². The number of aromatic hydroxyl groups is 1. The predicted octanol–water partition coefficient (Wildman–Crippen LogP) is 2.74. The van der Waals surface area contributed by atoms with Gasteiger partial charge in [0.25, 0.3) is 0 Å². The molecule has 3 nitrogen and oxygen atoms in total. The molecule has 2 heterocycles. The maximum Gasteiger partial charge on any atom is 0.139 e. The first-order valence-electron chi connectivity index (χ1n) is 6.69. The number of rotatable bonds is 1. The molecular weight excluding hydrogens is 212 g/mol. The molecule has 0 aliphatic carbocycles. The van der Waals surface area contributed by atoms with Crippen molar-refractivity contribution in [1.82, 2.24) is 0 Å². The van der Waals surface area contributed by atoms with Crippen molar-refractivity contribution in [1.29, 1.82) is 0 Å². The lowest BCUT2D eigenvalue weighted by molar-refractivity contribution is 0.468. The lowest BCUT2D eigenvalue weighted by Crippen LogP contribution is -2.29. The van der Waals surface area contributed by atoms with Gasteiger partial charge in [0.1, 0.15) is 5.75 Å². The lowest BCUT2D eigenvalue weighted by atomic mass is 10.0. The molecule has 1 saturated heterocycles. The van der Waals surface area contributed by atoms with E-state index < -0.39 is 0 Å². The van der Waals surface area contributed by atoms with Crippen molar-refractivity contribution in [3.63, 3.8) is 0 Å². The van der Waals surface area contributed by atoms with E-state index in [1.54, 1.807) is 0 Å². The Morgan fingerprint density at radius 2 is 1.88 bits per heavy atom. The number of anilines is 2. The van der Waals surface area contributed by atoms with Crippen LogP contribution in [0.3, 0.4) is 0 Å². The van der Waals surface area contributed by atoms with E-state index >= 15 is 0 Å². The molecule has 1 aromatic rings. The maximum atomic E-state index is 10.1. The molecule has 0 saturated carbocycles. The first kappa shape index (κ1) is 10.8. The predicted molar refractivity (Wildman–Crippen MR) is 71.0 cm³/mol. The molecule has 2 aliphatic heterocycles. The van der Waals surface area contributed by atoms with Crippen LogP contribution in [0.5, 0.6) is 5.75 Å². The van der Waals surface area contributed by atoms with E-state index in [0.29, 0.717) is 5.75 Å². The van der Waals surface area contributed by atoms with Crippen molar-refractivity contribution >= 4 is 11.4 Å². The molecule has 92 valence electrons. The largest absolute Gasteiger partial charge is 0.506 e. The number of hydrogen-bond acceptors (Lipinski definition) is 3. The number of benzene rings is 1. The monoisotopic (exact) mass is 232 g/mol. The lowest BCUT2D eigenvalue weighted by Gasteiger charge is -2.31.